The SMILES string of the molecule is Cc1sc([C@@H]2C[C@@H](F)CN2C(=O)OC(C)(C)C)cc1C(=O)Nc1ncc(F)s1. The molecule has 152 valence electrons. The quantitative estimate of drug-likeness (QED) is 0.751. The first-order valence-electron chi connectivity index (χ1n) is 8.70. The van der Waals surface area contributed by atoms with Crippen molar-refractivity contribution >= 4 is 39.8 Å². The average molecular weight is 430 g/mol. The summed E-state index contributed by atoms with van der Waals surface area (Å²) >= 11 is 2.06. The van der Waals surface area contributed by atoms with E-state index in [-0.39, 0.29) is 18.1 Å². The van der Waals surface area contributed by atoms with E-state index >= 15 is 0 Å². The van der Waals surface area contributed by atoms with Crippen LogP contribution in [0.1, 0.15) is 53.3 Å². The molecule has 0 aromatic carbocycles. The molecule has 10 heteroatoms. The average Bonchev–Trinajstić information content (AvgIpc) is 3.24. The zero-order valence-electron chi connectivity index (χ0n) is 15.9. The summed E-state index contributed by atoms with van der Waals surface area (Å²) in [6.07, 6.45) is -0.550. The van der Waals surface area contributed by atoms with Crippen LogP contribution in [-0.4, -0.2) is 40.2 Å². The van der Waals surface area contributed by atoms with Crippen molar-refractivity contribution < 1.29 is 23.1 Å². The molecule has 0 unspecified atom stereocenters. The highest BCUT2D eigenvalue weighted by molar-refractivity contribution is 7.14. The minimum Gasteiger partial charge on any atom is -0.444 e. The number of hydrogen-bond donors (Lipinski definition) is 1. The monoisotopic (exact) mass is 429 g/mol. The van der Waals surface area contributed by atoms with Gasteiger partial charge in [-0.25, -0.2) is 14.2 Å². The minimum atomic E-state index is -1.16. The number of nitrogens with one attached hydrogen (secondary N) is 1. The van der Waals surface area contributed by atoms with Crippen LogP contribution in [0.4, 0.5) is 18.7 Å². The number of carbonyl (C=O) groups is 2. The Bertz CT molecular complexity index is 891. The zero-order valence-corrected chi connectivity index (χ0v) is 17.5. The molecule has 1 saturated heterocycles. The first-order chi connectivity index (χ1) is 13.0. The molecule has 1 fully saturated rings. The van der Waals surface area contributed by atoms with Gasteiger partial charge in [0.25, 0.3) is 5.91 Å². The lowest BCUT2D eigenvalue weighted by Crippen LogP contribution is -2.36. The molecule has 3 rings (SSSR count). The molecule has 0 saturated carbocycles. The molecule has 2 atom stereocenters. The van der Waals surface area contributed by atoms with Crippen molar-refractivity contribution in [3.63, 3.8) is 0 Å². The maximum absolute atomic E-state index is 14.1. The Morgan fingerprint density at radius 2 is 2.07 bits per heavy atom. The Hall–Kier alpha value is -2.07. The van der Waals surface area contributed by atoms with Gasteiger partial charge in [-0.05, 0) is 33.8 Å². The first-order valence-corrected chi connectivity index (χ1v) is 10.3. The van der Waals surface area contributed by atoms with Crippen LogP contribution in [0.15, 0.2) is 12.3 Å². The Labute approximate surface area is 169 Å². The predicted molar refractivity (Wildman–Crippen MR) is 104 cm³/mol. The van der Waals surface area contributed by atoms with Crippen molar-refractivity contribution in [2.45, 2.75) is 51.9 Å². The van der Waals surface area contributed by atoms with E-state index in [1.165, 1.54) is 16.2 Å². The number of aryl methyl sites for hydroxylation is 1. The fraction of sp³-hybridized carbons (Fsp3) is 0.500. The smallest absolute Gasteiger partial charge is 0.410 e. The molecule has 2 aromatic heterocycles. The lowest BCUT2D eigenvalue weighted by Gasteiger charge is -2.27. The van der Waals surface area contributed by atoms with Crippen LogP contribution >= 0.6 is 22.7 Å². The highest BCUT2D eigenvalue weighted by atomic mass is 32.1. The number of thiazole rings is 1. The largest absolute Gasteiger partial charge is 0.444 e. The molecule has 1 aliphatic rings. The van der Waals surface area contributed by atoms with Crippen LogP contribution < -0.4 is 5.32 Å². The van der Waals surface area contributed by atoms with Gasteiger partial charge in [0.2, 0.25) is 0 Å². The molecule has 0 aliphatic carbocycles. The van der Waals surface area contributed by atoms with Gasteiger partial charge in [0.1, 0.15) is 11.8 Å². The second-order valence-corrected chi connectivity index (χ2v) is 9.79. The van der Waals surface area contributed by atoms with E-state index < -0.39 is 34.9 Å². The Morgan fingerprint density at radius 3 is 2.68 bits per heavy atom. The number of aromatic nitrogens is 1. The van der Waals surface area contributed by atoms with Crippen molar-refractivity contribution in [1.82, 2.24) is 9.88 Å². The third-order valence-corrected chi connectivity index (χ3v) is 5.94. The summed E-state index contributed by atoms with van der Waals surface area (Å²) in [5, 5.41) is 2.22. The fourth-order valence-electron chi connectivity index (χ4n) is 2.95. The Balaban J connectivity index is 1.80. The van der Waals surface area contributed by atoms with Crippen molar-refractivity contribution in [3.8, 4) is 0 Å². The molecule has 3 heterocycles. The molecular weight excluding hydrogens is 408 g/mol. The van der Waals surface area contributed by atoms with Crippen LogP contribution in [0.3, 0.4) is 0 Å². The standard InChI is InChI=1S/C18H21F2N3O3S2/c1-9-11(15(24)22-16-21-7-14(20)28-16)6-13(27-9)12-5-10(19)8-23(12)17(25)26-18(2,3)4/h6-7,10,12H,5,8H2,1-4H3,(H,21,22,24)/t10-,12+/m1/s1. The number of likely N-dealkylation sites (tertiary alicyclic amines) is 1. The molecule has 2 amide bonds. The molecule has 2 aromatic rings. The van der Waals surface area contributed by atoms with Crippen molar-refractivity contribution in [3.05, 3.63) is 32.7 Å². The number of halogens is 2. The number of hydrogen-bond acceptors (Lipinski definition) is 6. The molecule has 1 N–H and O–H groups in total. The van der Waals surface area contributed by atoms with Crippen LogP contribution in [0.5, 0.6) is 0 Å². The molecule has 28 heavy (non-hydrogen) atoms. The number of amides is 2. The third kappa shape index (κ3) is 4.67. The fourth-order valence-corrected chi connectivity index (χ4v) is 4.64. The van der Waals surface area contributed by atoms with E-state index in [0.717, 1.165) is 22.4 Å². The molecule has 0 spiro atoms. The second kappa shape index (κ2) is 7.75. The van der Waals surface area contributed by atoms with Gasteiger partial charge < -0.3 is 4.74 Å². The molecular formula is C18H21F2N3O3S2. The van der Waals surface area contributed by atoms with E-state index in [2.05, 4.69) is 10.3 Å². The van der Waals surface area contributed by atoms with E-state index in [9.17, 15) is 18.4 Å². The van der Waals surface area contributed by atoms with Gasteiger partial charge >= 0.3 is 6.09 Å². The molecule has 0 bridgehead atoms. The van der Waals surface area contributed by atoms with Gasteiger partial charge in [0, 0.05) is 16.2 Å². The number of nitrogens with zero attached hydrogens (tertiary/aromatic N) is 2. The van der Waals surface area contributed by atoms with Crippen LogP contribution in [0.2, 0.25) is 0 Å². The number of ether oxygens (including phenoxy) is 1. The zero-order chi connectivity index (χ0) is 20.6. The normalized spacial score (nSPS) is 19.7. The maximum atomic E-state index is 14.1. The van der Waals surface area contributed by atoms with Crippen LogP contribution in [0.25, 0.3) is 0 Å². The summed E-state index contributed by atoms with van der Waals surface area (Å²) in [7, 11) is 0. The third-order valence-electron chi connectivity index (χ3n) is 4.09. The topological polar surface area (TPSA) is 71.5 Å². The predicted octanol–water partition coefficient (Wildman–Crippen LogP) is 4.92. The Kier molecular flexibility index (Phi) is 5.72. The number of alkyl halides is 1. The van der Waals surface area contributed by atoms with Gasteiger partial charge in [0.05, 0.1) is 24.3 Å². The van der Waals surface area contributed by atoms with Gasteiger partial charge in [-0.1, -0.05) is 11.3 Å². The van der Waals surface area contributed by atoms with Gasteiger partial charge in [-0.3, -0.25) is 15.0 Å². The maximum Gasteiger partial charge on any atom is 0.410 e. The van der Waals surface area contributed by atoms with E-state index in [1.807, 2.05) is 0 Å². The van der Waals surface area contributed by atoms with E-state index in [0.29, 0.717) is 10.4 Å². The lowest BCUT2D eigenvalue weighted by molar-refractivity contribution is 0.0219. The summed E-state index contributed by atoms with van der Waals surface area (Å²) in [6, 6.07) is 1.16. The van der Waals surface area contributed by atoms with Crippen molar-refractivity contribution in [2.24, 2.45) is 0 Å². The molecule has 0 radical (unpaired) electrons. The summed E-state index contributed by atoms with van der Waals surface area (Å²) in [6.45, 7) is 6.98. The summed E-state index contributed by atoms with van der Waals surface area (Å²) in [4.78, 5) is 31.5. The molecule has 1 aliphatic heterocycles. The first kappa shape index (κ1) is 20.7. The Morgan fingerprint density at radius 1 is 1.36 bits per heavy atom. The van der Waals surface area contributed by atoms with Crippen molar-refractivity contribution in [2.75, 3.05) is 11.9 Å². The van der Waals surface area contributed by atoms with E-state index in [1.54, 1.807) is 33.8 Å². The van der Waals surface area contributed by atoms with Crippen LogP contribution in [0, 0.1) is 12.1 Å². The van der Waals surface area contributed by atoms with E-state index in [4.69, 9.17) is 4.74 Å². The summed E-state index contributed by atoms with van der Waals surface area (Å²) < 4.78 is 32.5. The molecule has 6 nitrogen and oxygen atoms in total. The number of anilines is 1. The summed E-state index contributed by atoms with van der Waals surface area (Å²) in [5.41, 5.74) is -0.294. The van der Waals surface area contributed by atoms with Gasteiger partial charge in [-0.15, -0.1) is 11.3 Å². The number of carbonyl (C=O) groups excluding carboxylic acids is 2. The highest BCUT2D eigenvalue weighted by Crippen LogP contribution is 2.39. The van der Waals surface area contributed by atoms with Gasteiger partial charge in [-0.2, -0.15) is 4.39 Å². The van der Waals surface area contributed by atoms with Crippen LogP contribution in [-0.2, 0) is 4.74 Å². The second-order valence-electron chi connectivity index (χ2n) is 7.52. The lowest BCUT2D eigenvalue weighted by atomic mass is 10.1. The highest BCUT2D eigenvalue weighted by Gasteiger charge is 2.39. The van der Waals surface area contributed by atoms with Crippen molar-refractivity contribution in [1.29, 1.82) is 0 Å². The number of thiophene rings is 1. The number of rotatable bonds is 3. The minimum absolute atomic E-state index is 0.0452. The summed E-state index contributed by atoms with van der Waals surface area (Å²) in [5.74, 6) is -0.423. The van der Waals surface area contributed by atoms with Gasteiger partial charge in [0.15, 0.2) is 10.3 Å².